The number of anilines is 1. The van der Waals surface area contributed by atoms with E-state index < -0.39 is 0 Å². The minimum absolute atomic E-state index is 0.574. The number of aromatic nitrogens is 1. The van der Waals surface area contributed by atoms with Crippen molar-refractivity contribution in [2.45, 2.75) is 13.1 Å². The monoisotopic (exact) mass is 305 g/mol. The summed E-state index contributed by atoms with van der Waals surface area (Å²) in [5.74, 6) is 0.574. The summed E-state index contributed by atoms with van der Waals surface area (Å²) in [6.07, 6.45) is 0. The van der Waals surface area contributed by atoms with Gasteiger partial charge in [0.25, 0.3) is 0 Å². The second kappa shape index (κ2) is 5.98. The van der Waals surface area contributed by atoms with Crippen molar-refractivity contribution < 1.29 is 0 Å². The Bertz CT molecular complexity index is 511. The van der Waals surface area contributed by atoms with Crippen LogP contribution >= 0.6 is 15.9 Å². The van der Waals surface area contributed by atoms with Crippen LogP contribution in [0.4, 0.5) is 5.82 Å². The molecule has 0 amide bonds. The highest BCUT2D eigenvalue weighted by Crippen LogP contribution is 2.12. The summed E-state index contributed by atoms with van der Waals surface area (Å²) < 4.78 is 1.10. The maximum atomic E-state index is 5.67. The van der Waals surface area contributed by atoms with E-state index in [-0.39, 0.29) is 0 Å². The number of halogens is 1. The molecule has 18 heavy (non-hydrogen) atoms. The van der Waals surface area contributed by atoms with Gasteiger partial charge < -0.3 is 5.73 Å². The molecule has 0 atom stereocenters. The molecule has 1 aromatic carbocycles. The zero-order chi connectivity index (χ0) is 13.0. The molecule has 1 aromatic heterocycles. The zero-order valence-corrected chi connectivity index (χ0v) is 11.9. The van der Waals surface area contributed by atoms with Gasteiger partial charge in [-0.15, -0.1) is 0 Å². The molecule has 0 spiro atoms. The molecule has 0 aliphatic carbocycles. The van der Waals surface area contributed by atoms with Crippen LogP contribution < -0.4 is 5.73 Å². The van der Waals surface area contributed by atoms with E-state index in [9.17, 15) is 0 Å². The van der Waals surface area contributed by atoms with Crippen LogP contribution in [0.2, 0.25) is 0 Å². The van der Waals surface area contributed by atoms with Crippen molar-refractivity contribution in [2.75, 3.05) is 12.8 Å². The van der Waals surface area contributed by atoms with Crippen LogP contribution in [0, 0.1) is 0 Å². The molecule has 0 saturated heterocycles. The SMILES string of the molecule is CN(Cc1ccc(Br)cc1)Cc1cccc(N)n1. The van der Waals surface area contributed by atoms with Gasteiger partial charge >= 0.3 is 0 Å². The average molecular weight is 306 g/mol. The molecule has 3 nitrogen and oxygen atoms in total. The molecule has 1 heterocycles. The lowest BCUT2D eigenvalue weighted by molar-refractivity contribution is 0.315. The molecule has 0 bridgehead atoms. The number of nitrogen functional groups attached to an aromatic ring is 1. The lowest BCUT2D eigenvalue weighted by Gasteiger charge is -2.16. The fourth-order valence-corrected chi connectivity index (χ4v) is 2.08. The van der Waals surface area contributed by atoms with Crippen LogP contribution in [0.15, 0.2) is 46.9 Å². The highest BCUT2D eigenvalue weighted by Gasteiger charge is 2.03. The normalized spacial score (nSPS) is 10.8. The molecular weight excluding hydrogens is 290 g/mol. The molecule has 2 N–H and O–H groups in total. The zero-order valence-electron chi connectivity index (χ0n) is 10.3. The van der Waals surface area contributed by atoms with Crippen molar-refractivity contribution >= 4 is 21.7 Å². The maximum absolute atomic E-state index is 5.67. The van der Waals surface area contributed by atoms with E-state index in [1.54, 1.807) is 6.07 Å². The minimum atomic E-state index is 0.574. The Balaban J connectivity index is 1.96. The van der Waals surface area contributed by atoms with Crippen molar-refractivity contribution in [1.29, 1.82) is 0 Å². The van der Waals surface area contributed by atoms with Crippen molar-refractivity contribution in [3.8, 4) is 0 Å². The average Bonchev–Trinajstić information content (AvgIpc) is 2.32. The van der Waals surface area contributed by atoms with Gasteiger partial charge in [-0.1, -0.05) is 34.1 Å². The Hall–Kier alpha value is -1.39. The van der Waals surface area contributed by atoms with Crippen molar-refractivity contribution in [3.05, 3.63) is 58.2 Å². The summed E-state index contributed by atoms with van der Waals surface area (Å²) in [6.45, 7) is 1.69. The third-order valence-corrected chi connectivity index (χ3v) is 3.15. The Labute approximate surface area is 116 Å². The van der Waals surface area contributed by atoms with Crippen molar-refractivity contribution in [1.82, 2.24) is 9.88 Å². The van der Waals surface area contributed by atoms with E-state index in [2.05, 4.69) is 57.1 Å². The molecule has 0 unspecified atom stereocenters. The number of nitrogens with two attached hydrogens (primary N) is 1. The quantitative estimate of drug-likeness (QED) is 0.944. The number of pyridine rings is 1. The third-order valence-electron chi connectivity index (χ3n) is 2.63. The highest BCUT2D eigenvalue weighted by atomic mass is 79.9. The van der Waals surface area contributed by atoms with Gasteiger partial charge in [-0.05, 0) is 36.9 Å². The largest absolute Gasteiger partial charge is 0.384 e. The van der Waals surface area contributed by atoms with Crippen LogP contribution in [0.3, 0.4) is 0 Å². The summed E-state index contributed by atoms with van der Waals surface area (Å²) in [6, 6.07) is 14.1. The predicted octanol–water partition coefficient (Wildman–Crippen LogP) is 3.06. The number of nitrogens with zero attached hydrogens (tertiary/aromatic N) is 2. The second-order valence-electron chi connectivity index (χ2n) is 4.35. The van der Waals surface area contributed by atoms with E-state index >= 15 is 0 Å². The first kappa shape index (κ1) is 13.1. The van der Waals surface area contributed by atoms with Gasteiger partial charge in [-0.3, -0.25) is 4.90 Å². The van der Waals surface area contributed by atoms with Gasteiger partial charge in [0.1, 0.15) is 5.82 Å². The fraction of sp³-hybridized carbons (Fsp3) is 0.214. The Kier molecular flexibility index (Phi) is 4.33. The Morgan fingerprint density at radius 1 is 1.11 bits per heavy atom. The molecular formula is C14H16BrN3. The first-order valence-corrected chi connectivity index (χ1v) is 6.57. The molecule has 2 aromatic rings. The van der Waals surface area contributed by atoms with Gasteiger partial charge in [0.2, 0.25) is 0 Å². The van der Waals surface area contributed by atoms with E-state index in [4.69, 9.17) is 5.73 Å². The van der Waals surface area contributed by atoms with E-state index in [0.29, 0.717) is 5.82 Å². The maximum Gasteiger partial charge on any atom is 0.123 e. The highest BCUT2D eigenvalue weighted by molar-refractivity contribution is 9.10. The first-order valence-electron chi connectivity index (χ1n) is 5.78. The summed E-state index contributed by atoms with van der Waals surface area (Å²) in [5.41, 5.74) is 7.95. The van der Waals surface area contributed by atoms with Crippen molar-refractivity contribution in [3.63, 3.8) is 0 Å². The van der Waals surface area contributed by atoms with Crippen LogP contribution in [0.5, 0.6) is 0 Å². The topological polar surface area (TPSA) is 42.1 Å². The lowest BCUT2D eigenvalue weighted by Crippen LogP contribution is -2.18. The summed E-state index contributed by atoms with van der Waals surface area (Å²) >= 11 is 3.44. The number of rotatable bonds is 4. The van der Waals surface area contributed by atoms with Gasteiger partial charge in [-0.2, -0.15) is 0 Å². The van der Waals surface area contributed by atoms with E-state index in [1.807, 2.05) is 12.1 Å². The Morgan fingerprint density at radius 3 is 2.50 bits per heavy atom. The van der Waals surface area contributed by atoms with Crippen LogP contribution in [-0.2, 0) is 13.1 Å². The Morgan fingerprint density at radius 2 is 1.83 bits per heavy atom. The molecule has 0 aliphatic rings. The summed E-state index contributed by atoms with van der Waals surface area (Å²) in [4.78, 5) is 6.51. The smallest absolute Gasteiger partial charge is 0.123 e. The van der Waals surface area contributed by atoms with E-state index in [1.165, 1.54) is 5.56 Å². The van der Waals surface area contributed by atoms with Crippen molar-refractivity contribution in [2.24, 2.45) is 0 Å². The molecule has 2 rings (SSSR count). The van der Waals surface area contributed by atoms with Crippen LogP contribution in [0.1, 0.15) is 11.3 Å². The van der Waals surface area contributed by atoms with Gasteiger partial charge in [0.05, 0.1) is 5.69 Å². The molecule has 0 fully saturated rings. The molecule has 0 aliphatic heterocycles. The van der Waals surface area contributed by atoms with Gasteiger partial charge in [0.15, 0.2) is 0 Å². The molecule has 0 radical (unpaired) electrons. The third kappa shape index (κ3) is 3.82. The fourth-order valence-electron chi connectivity index (χ4n) is 1.82. The molecule has 4 heteroatoms. The summed E-state index contributed by atoms with van der Waals surface area (Å²) in [7, 11) is 2.08. The van der Waals surface area contributed by atoms with Gasteiger partial charge in [0, 0.05) is 17.6 Å². The number of hydrogen-bond donors (Lipinski definition) is 1. The number of benzene rings is 1. The minimum Gasteiger partial charge on any atom is -0.384 e. The van der Waals surface area contributed by atoms with Crippen LogP contribution in [0.25, 0.3) is 0 Å². The second-order valence-corrected chi connectivity index (χ2v) is 5.27. The standard InChI is InChI=1S/C14H16BrN3/c1-18(9-11-5-7-12(15)8-6-11)10-13-3-2-4-14(16)17-13/h2-8H,9-10H2,1H3,(H2,16,17). The van der Waals surface area contributed by atoms with Gasteiger partial charge in [-0.25, -0.2) is 4.98 Å². The first-order chi connectivity index (χ1) is 8.63. The van der Waals surface area contributed by atoms with E-state index in [0.717, 1.165) is 23.3 Å². The molecule has 0 saturated carbocycles. The van der Waals surface area contributed by atoms with Crippen LogP contribution in [-0.4, -0.2) is 16.9 Å². The molecule has 94 valence electrons. The predicted molar refractivity (Wildman–Crippen MR) is 78.0 cm³/mol. The number of hydrogen-bond acceptors (Lipinski definition) is 3. The lowest BCUT2D eigenvalue weighted by atomic mass is 10.2. The summed E-state index contributed by atoms with van der Waals surface area (Å²) in [5, 5.41) is 0.